The summed E-state index contributed by atoms with van der Waals surface area (Å²) in [5.41, 5.74) is 9.56. The summed E-state index contributed by atoms with van der Waals surface area (Å²) < 4.78 is 7.28. The molecule has 0 radical (unpaired) electrons. The number of benzene rings is 2. The molecule has 1 aliphatic heterocycles. The molecule has 2 aromatic carbocycles. The van der Waals surface area contributed by atoms with Crippen LogP contribution in [0.3, 0.4) is 0 Å². The van der Waals surface area contributed by atoms with Gasteiger partial charge in [-0.3, -0.25) is 9.69 Å². The Morgan fingerprint density at radius 2 is 1.61 bits per heavy atom. The van der Waals surface area contributed by atoms with Crippen molar-refractivity contribution in [1.29, 1.82) is 0 Å². The number of ether oxygens (including phenoxy) is 1. The van der Waals surface area contributed by atoms with Crippen molar-refractivity contribution >= 4 is 23.6 Å². The van der Waals surface area contributed by atoms with Crippen molar-refractivity contribution in [3.05, 3.63) is 99.0 Å². The van der Waals surface area contributed by atoms with Gasteiger partial charge in [0, 0.05) is 28.5 Å². The number of anilines is 1. The minimum atomic E-state index is -0.517. The number of allylic oxidation sites excluding steroid dienone is 1. The summed E-state index contributed by atoms with van der Waals surface area (Å²) in [6.07, 6.45) is 1.82. The van der Waals surface area contributed by atoms with Gasteiger partial charge in [-0.15, -0.1) is 0 Å². The van der Waals surface area contributed by atoms with Gasteiger partial charge in [0.05, 0.1) is 18.3 Å². The number of carbonyl (C=O) groups is 2. The lowest BCUT2D eigenvalue weighted by Gasteiger charge is -2.19. The molecular formula is C31H34N2O3. The first-order valence-electron chi connectivity index (χ1n) is 12.3. The molecule has 1 aromatic heterocycles. The number of carbonyl (C=O) groups excluding carboxylic acids is 2. The number of rotatable bonds is 5. The SMILES string of the molecule is COC(=O)C1=C(C)N(c2ccc(C(C)C)cc2)C(=O)/C1=C\c1cc(C)n(-c2ccc(C)cc2C)c1C. The summed E-state index contributed by atoms with van der Waals surface area (Å²) in [6.45, 7) is 14.3. The van der Waals surface area contributed by atoms with Crippen LogP contribution in [0.4, 0.5) is 5.69 Å². The number of aromatic nitrogens is 1. The molecule has 4 rings (SSSR count). The Morgan fingerprint density at radius 3 is 2.19 bits per heavy atom. The summed E-state index contributed by atoms with van der Waals surface area (Å²) in [5.74, 6) is -0.364. The lowest BCUT2D eigenvalue weighted by Crippen LogP contribution is -2.24. The maximum atomic E-state index is 13.7. The van der Waals surface area contributed by atoms with E-state index in [-0.39, 0.29) is 5.91 Å². The second kappa shape index (κ2) is 9.65. The average Bonchev–Trinajstić information content (AvgIpc) is 3.25. The lowest BCUT2D eigenvalue weighted by molar-refractivity contribution is -0.136. The minimum Gasteiger partial charge on any atom is -0.465 e. The molecule has 0 N–H and O–H groups in total. The molecule has 0 saturated carbocycles. The number of nitrogens with zero attached hydrogens (tertiary/aromatic N) is 2. The molecule has 0 bridgehead atoms. The van der Waals surface area contributed by atoms with E-state index in [1.54, 1.807) is 11.8 Å². The van der Waals surface area contributed by atoms with Gasteiger partial charge in [-0.05, 0) is 87.6 Å². The molecular weight excluding hydrogens is 448 g/mol. The smallest absolute Gasteiger partial charge is 0.340 e. The molecule has 0 fully saturated rings. The van der Waals surface area contributed by atoms with Crippen LogP contribution in [0.15, 0.2) is 65.4 Å². The van der Waals surface area contributed by atoms with Gasteiger partial charge in [-0.1, -0.05) is 43.7 Å². The van der Waals surface area contributed by atoms with Crippen LogP contribution in [-0.2, 0) is 14.3 Å². The zero-order valence-corrected chi connectivity index (χ0v) is 22.4. The van der Waals surface area contributed by atoms with Gasteiger partial charge in [0.15, 0.2) is 0 Å². The monoisotopic (exact) mass is 482 g/mol. The molecule has 0 spiro atoms. The third kappa shape index (κ3) is 4.30. The highest BCUT2D eigenvalue weighted by Gasteiger charge is 2.38. The van der Waals surface area contributed by atoms with Gasteiger partial charge in [0.1, 0.15) is 0 Å². The second-order valence-electron chi connectivity index (χ2n) is 9.85. The fourth-order valence-electron chi connectivity index (χ4n) is 5.02. The molecule has 0 unspecified atom stereocenters. The number of hydrogen-bond donors (Lipinski definition) is 0. The molecule has 186 valence electrons. The molecule has 0 saturated heterocycles. The van der Waals surface area contributed by atoms with Crippen LogP contribution in [-0.4, -0.2) is 23.6 Å². The van der Waals surface area contributed by atoms with E-state index >= 15 is 0 Å². The molecule has 2 heterocycles. The highest BCUT2D eigenvalue weighted by atomic mass is 16.5. The van der Waals surface area contributed by atoms with Crippen LogP contribution < -0.4 is 4.90 Å². The van der Waals surface area contributed by atoms with Gasteiger partial charge in [-0.25, -0.2) is 4.79 Å². The van der Waals surface area contributed by atoms with Crippen molar-refractivity contribution < 1.29 is 14.3 Å². The first kappa shape index (κ1) is 25.2. The van der Waals surface area contributed by atoms with E-state index in [1.165, 1.54) is 23.8 Å². The van der Waals surface area contributed by atoms with Crippen molar-refractivity contribution in [1.82, 2.24) is 4.57 Å². The lowest BCUT2D eigenvalue weighted by atomic mass is 10.0. The Morgan fingerprint density at radius 1 is 0.944 bits per heavy atom. The van der Waals surface area contributed by atoms with Gasteiger partial charge >= 0.3 is 5.97 Å². The summed E-state index contributed by atoms with van der Waals surface area (Å²) in [4.78, 5) is 28.2. The second-order valence-corrected chi connectivity index (χ2v) is 9.85. The van der Waals surface area contributed by atoms with Crippen LogP contribution in [0.1, 0.15) is 60.3 Å². The molecule has 0 aliphatic carbocycles. The number of esters is 1. The van der Waals surface area contributed by atoms with Gasteiger partial charge < -0.3 is 9.30 Å². The number of amides is 1. The van der Waals surface area contributed by atoms with Gasteiger partial charge in [0.2, 0.25) is 0 Å². The van der Waals surface area contributed by atoms with E-state index < -0.39 is 5.97 Å². The number of hydrogen-bond acceptors (Lipinski definition) is 3. The molecule has 36 heavy (non-hydrogen) atoms. The highest BCUT2D eigenvalue weighted by Crippen LogP contribution is 2.37. The standard InChI is InChI=1S/C31H34N2O3/c1-18(2)24-10-12-26(13-11-24)33-23(7)29(31(35)36-8)27(30(33)34)17-25-16-21(5)32(22(25)6)28-14-9-19(3)15-20(28)4/h9-18H,1-8H3/b27-17-. The first-order chi connectivity index (χ1) is 17.0. The average molecular weight is 483 g/mol. The first-order valence-corrected chi connectivity index (χ1v) is 12.3. The fourth-order valence-corrected chi connectivity index (χ4v) is 5.02. The van der Waals surface area contributed by atoms with E-state index in [9.17, 15) is 9.59 Å². The van der Waals surface area contributed by atoms with E-state index in [0.29, 0.717) is 22.8 Å². The van der Waals surface area contributed by atoms with Gasteiger partial charge in [-0.2, -0.15) is 0 Å². The minimum absolute atomic E-state index is 0.235. The number of methoxy groups -OCH3 is 1. The van der Waals surface area contributed by atoms with Gasteiger partial charge in [0.25, 0.3) is 5.91 Å². The summed E-state index contributed by atoms with van der Waals surface area (Å²) in [6, 6.07) is 16.4. The normalized spacial score (nSPS) is 15.0. The van der Waals surface area contributed by atoms with Crippen molar-refractivity contribution in [2.75, 3.05) is 12.0 Å². The van der Waals surface area contributed by atoms with Crippen molar-refractivity contribution in [2.45, 2.75) is 54.4 Å². The number of aryl methyl sites for hydroxylation is 3. The summed E-state index contributed by atoms with van der Waals surface area (Å²) in [7, 11) is 1.34. The molecule has 5 nitrogen and oxygen atoms in total. The third-order valence-corrected chi connectivity index (χ3v) is 6.97. The Kier molecular flexibility index (Phi) is 6.77. The molecule has 1 aliphatic rings. The maximum Gasteiger partial charge on any atom is 0.340 e. The molecule has 5 heteroatoms. The zero-order valence-electron chi connectivity index (χ0n) is 22.4. The van der Waals surface area contributed by atoms with E-state index in [2.05, 4.69) is 63.5 Å². The quantitative estimate of drug-likeness (QED) is 0.300. The fraction of sp³-hybridized carbons (Fsp3) is 0.290. The van der Waals surface area contributed by atoms with Crippen LogP contribution in [0.5, 0.6) is 0 Å². The Labute approximate surface area is 213 Å². The topological polar surface area (TPSA) is 51.5 Å². The van der Waals surface area contributed by atoms with Crippen LogP contribution >= 0.6 is 0 Å². The Bertz CT molecular complexity index is 1420. The maximum absolute atomic E-state index is 13.7. The highest BCUT2D eigenvalue weighted by molar-refractivity contribution is 6.23. The predicted molar refractivity (Wildman–Crippen MR) is 145 cm³/mol. The van der Waals surface area contributed by atoms with Crippen molar-refractivity contribution in [2.24, 2.45) is 0 Å². The van der Waals surface area contributed by atoms with Crippen LogP contribution in [0, 0.1) is 27.7 Å². The van der Waals surface area contributed by atoms with Crippen LogP contribution in [0.2, 0.25) is 0 Å². The van der Waals surface area contributed by atoms with E-state index in [1.807, 2.05) is 37.3 Å². The van der Waals surface area contributed by atoms with E-state index in [0.717, 1.165) is 28.3 Å². The van der Waals surface area contributed by atoms with E-state index in [4.69, 9.17) is 4.74 Å². The Hall–Kier alpha value is -3.86. The predicted octanol–water partition coefficient (Wildman–Crippen LogP) is 6.71. The zero-order chi connectivity index (χ0) is 26.3. The molecule has 0 atom stereocenters. The van der Waals surface area contributed by atoms with Crippen LogP contribution in [0.25, 0.3) is 11.8 Å². The van der Waals surface area contributed by atoms with Crippen molar-refractivity contribution in [3.8, 4) is 5.69 Å². The summed E-state index contributed by atoms with van der Waals surface area (Å²) >= 11 is 0. The Balaban J connectivity index is 1.83. The van der Waals surface area contributed by atoms with Crippen molar-refractivity contribution in [3.63, 3.8) is 0 Å². The third-order valence-electron chi connectivity index (χ3n) is 6.97. The molecule has 1 amide bonds. The largest absolute Gasteiger partial charge is 0.465 e. The molecule has 3 aromatic rings. The summed E-state index contributed by atoms with van der Waals surface area (Å²) in [5, 5.41) is 0.